The summed E-state index contributed by atoms with van der Waals surface area (Å²) in [5, 5.41) is 4.29. The first-order chi connectivity index (χ1) is 18.8. The van der Waals surface area contributed by atoms with Crippen molar-refractivity contribution in [1.82, 2.24) is 14.9 Å². The number of carbonyl (C=O) groups is 2. The van der Waals surface area contributed by atoms with E-state index in [0.29, 0.717) is 40.4 Å². The number of hydrogen-bond donors (Lipinski definition) is 1. The third-order valence-corrected chi connectivity index (χ3v) is 8.90. The van der Waals surface area contributed by atoms with E-state index in [1.54, 1.807) is 10.6 Å². The Morgan fingerprint density at radius 3 is 2.41 bits per heavy atom. The van der Waals surface area contributed by atoms with Crippen molar-refractivity contribution in [3.05, 3.63) is 99.6 Å². The molecule has 3 aromatic carbocycles. The molecule has 0 saturated carbocycles. The molecule has 0 unspecified atom stereocenters. The second kappa shape index (κ2) is 8.20. The predicted octanol–water partition coefficient (Wildman–Crippen LogP) is 4.38. The summed E-state index contributed by atoms with van der Waals surface area (Å²) < 4.78 is 1.65. The average molecular weight is 519 g/mol. The summed E-state index contributed by atoms with van der Waals surface area (Å²) in [6.07, 6.45) is 0.711. The SMILES string of the molecule is Cc1cccc(N2C(=O)[C@H]3[C@H](CC(C)C)N[C@]4(c5ccccc5-n5c4nc4ccccc4c5=O)[C@H]3C2=O)c1C. The lowest BCUT2D eigenvalue weighted by molar-refractivity contribution is -0.123. The van der Waals surface area contributed by atoms with E-state index >= 15 is 0 Å². The molecule has 4 atom stereocenters. The lowest BCUT2D eigenvalue weighted by Gasteiger charge is -2.32. The highest BCUT2D eigenvalue weighted by atomic mass is 16.2. The molecule has 4 heterocycles. The molecule has 1 aromatic heterocycles. The fraction of sp³-hybridized carbons (Fsp3) is 0.312. The maximum atomic E-state index is 14.6. The van der Waals surface area contributed by atoms with Gasteiger partial charge in [0, 0.05) is 11.6 Å². The van der Waals surface area contributed by atoms with Gasteiger partial charge in [-0.25, -0.2) is 9.88 Å². The van der Waals surface area contributed by atoms with Crippen LogP contribution >= 0.6 is 0 Å². The van der Waals surface area contributed by atoms with Gasteiger partial charge in [-0.3, -0.25) is 24.3 Å². The molecule has 1 N–H and O–H groups in total. The summed E-state index contributed by atoms with van der Waals surface area (Å²) in [7, 11) is 0. The largest absolute Gasteiger partial charge is 0.297 e. The monoisotopic (exact) mass is 518 g/mol. The van der Waals surface area contributed by atoms with Gasteiger partial charge in [0.25, 0.3) is 5.56 Å². The van der Waals surface area contributed by atoms with E-state index in [-0.39, 0.29) is 23.4 Å². The minimum atomic E-state index is -1.11. The molecule has 2 saturated heterocycles. The fourth-order valence-corrected chi connectivity index (χ4v) is 7.14. The van der Waals surface area contributed by atoms with E-state index < -0.39 is 17.4 Å². The van der Waals surface area contributed by atoms with Crippen LogP contribution in [0.5, 0.6) is 0 Å². The van der Waals surface area contributed by atoms with Gasteiger partial charge in [-0.1, -0.05) is 56.3 Å². The van der Waals surface area contributed by atoms with Crippen molar-refractivity contribution < 1.29 is 9.59 Å². The number of aryl methyl sites for hydroxylation is 1. The number of benzene rings is 3. The molecule has 7 nitrogen and oxygen atoms in total. The number of nitrogens with one attached hydrogen (secondary N) is 1. The molecule has 39 heavy (non-hydrogen) atoms. The third-order valence-electron chi connectivity index (χ3n) is 8.90. The standard InChI is InChI=1S/C32H30N4O3/c1-17(2)16-23-26-27(30(39)35(29(26)38)24-15-9-10-18(3)19(24)4)32(34-23)21-12-6-8-14-25(21)36-28(37)20-11-5-7-13-22(20)33-31(32)36/h5-15,17,23,26-27,34H,16H2,1-4H3/t23-,26-,27+,32+/m0/s1. The number of para-hydroxylation sites is 2. The highest BCUT2D eigenvalue weighted by Gasteiger charge is 2.69. The minimum absolute atomic E-state index is 0.172. The van der Waals surface area contributed by atoms with Gasteiger partial charge in [0.05, 0.1) is 34.1 Å². The van der Waals surface area contributed by atoms with E-state index in [0.717, 1.165) is 16.7 Å². The highest BCUT2D eigenvalue weighted by molar-refractivity contribution is 6.23. The molecular weight excluding hydrogens is 488 g/mol. The van der Waals surface area contributed by atoms with Gasteiger partial charge < -0.3 is 0 Å². The second-order valence-electron chi connectivity index (χ2n) is 11.5. The van der Waals surface area contributed by atoms with Crippen LogP contribution < -0.4 is 15.8 Å². The molecule has 0 aliphatic carbocycles. The van der Waals surface area contributed by atoms with Crippen LogP contribution in [0.15, 0.2) is 71.5 Å². The van der Waals surface area contributed by atoms with Gasteiger partial charge in [-0.15, -0.1) is 0 Å². The molecule has 7 heteroatoms. The van der Waals surface area contributed by atoms with E-state index in [2.05, 4.69) is 19.2 Å². The van der Waals surface area contributed by atoms with Crippen LogP contribution in [-0.2, 0) is 15.1 Å². The average Bonchev–Trinajstić information content (AvgIpc) is 3.49. The fourth-order valence-electron chi connectivity index (χ4n) is 7.14. The maximum Gasteiger partial charge on any atom is 0.266 e. The Morgan fingerprint density at radius 1 is 0.897 bits per heavy atom. The minimum Gasteiger partial charge on any atom is -0.297 e. The van der Waals surface area contributed by atoms with Crippen molar-refractivity contribution >= 4 is 28.4 Å². The summed E-state index contributed by atoms with van der Waals surface area (Å²) in [5.41, 5.74) is 3.38. The zero-order valence-electron chi connectivity index (χ0n) is 22.4. The Hall–Kier alpha value is -4.10. The summed E-state index contributed by atoms with van der Waals surface area (Å²) in [4.78, 5) is 49.2. The van der Waals surface area contributed by atoms with Crippen LogP contribution in [0.1, 0.15) is 42.8 Å². The first-order valence-electron chi connectivity index (χ1n) is 13.6. The van der Waals surface area contributed by atoms with Gasteiger partial charge in [0.2, 0.25) is 11.8 Å². The number of hydrogen-bond acceptors (Lipinski definition) is 5. The molecule has 7 rings (SSSR count). The van der Waals surface area contributed by atoms with Crippen LogP contribution in [-0.4, -0.2) is 27.4 Å². The first kappa shape index (κ1) is 24.0. The number of rotatable bonds is 3. The second-order valence-corrected chi connectivity index (χ2v) is 11.5. The molecule has 2 fully saturated rings. The third kappa shape index (κ3) is 3.02. The highest BCUT2D eigenvalue weighted by Crippen LogP contribution is 2.56. The number of fused-ring (bicyclic) bond motifs is 8. The van der Waals surface area contributed by atoms with Crippen LogP contribution in [0.3, 0.4) is 0 Å². The van der Waals surface area contributed by atoms with Crippen molar-refractivity contribution in [2.45, 2.75) is 45.7 Å². The van der Waals surface area contributed by atoms with Crippen LogP contribution in [0.2, 0.25) is 0 Å². The molecule has 4 aromatic rings. The quantitative estimate of drug-likeness (QED) is 0.407. The lowest BCUT2D eigenvalue weighted by atomic mass is 9.75. The van der Waals surface area contributed by atoms with Crippen LogP contribution in [0.25, 0.3) is 16.6 Å². The number of anilines is 1. The Kier molecular flexibility index (Phi) is 5.04. The normalized spacial score (nSPS) is 25.2. The number of amides is 2. The van der Waals surface area contributed by atoms with E-state index in [9.17, 15) is 14.4 Å². The lowest BCUT2D eigenvalue weighted by Crippen LogP contribution is -2.50. The van der Waals surface area contributed by atoms with Gasteiger partial charge in [0.1, 0.15) is 11.4 Å². The van der Waals surface area contributed by atoms with Crippen molar-refractivity contribution in [3.63, 3.8) is 0 Å². The zero-order valence-corrected chi connectivity index (χ0v) is 22.4. The van der Waals surface area contributed by atoms with Gasteiger partial charge in [-0.2, -0.15) is 0 Å². The predicted molar refractivity (Wildman–Crippen MR) is 150 cm³/mol. The molecule has 2 amide bonds. The van der Waals surface area contributed by atoms with Gasteiger partial charge >= 0.3 is 0 Å². The molecule has 0 bridgehead atoms. The molecule has 196 valence electrons. The Labute approximate surface area is 226 Å². The molecule has 0 radical (unpaired) electrons. The summed E-state index contributed by atoms with van der Waals surface area (Å²) in [6, 6.07) is 20.5. The molecule has 1 spiro atoms. The summed E-state index contributed by atoms with van der Waals surface area (Å²) in [6.45, 7) is 8.18. The molecule has 3 aliphatic heterocycles. The van der Waals surface area contributed by atoms with E-state index in [1.165, 1.54) is 4.90 Å². The first-order valence-corrected chi connectivity index (χ1v) is 13.6. The number of nitrogens with zero attached hydrogens (tertiary/aromatic N) is 3. The summed E-state index contributed by atoms with van der Waals surface area (Å²) >= 11 is 0. The molecule has 3 aliphatic rings. The maximum absolute atomic E-state index is 14.6. The van der Waals surface area contributed by atoms with E-state index in [1.807, 2.05) is 74.5 Å². The Morgan fingerprint density at radius 2 is 1.62 bits per heavy atom. The zero-order chi connectivity index (χ0) is 27.2. The number of aromatic nitrogens is 2. The van der Waals surface area contributed by atoms with Gasteiger partial charge in [-0.05, 0) is 61.6 Å². The topological polar surface area (TPSA) is 84.3 Å². The van der Waals surface area contributed by atoms with Crippen molar-refractivity contribution in [2.24, 2.45) is 17.8 Å². The van der Waals surface area contributed by atoms with Crippen molar-refractivity contribution in [1.29, 1.82) is 0 Å². The van der Waals surface area contributed by atoms with Crippen LogP contribution in [0, 0.1) is 31.6 Å². The number of imide groups is 1. The molecular formula is C32H30N4O3. The van der Waals surface area contributed by atoms with Crippen molar-refractivity contribution in [3.8, 4) is 5.69 Å². The smallest absolute Gasteiger partial charge is 0.266 e. The Balaban J connectivity index is 1.53. The van der Waals surface area contributed by atoms with Gasteiger partial charge in [0.15, 0.2) is 0 Å². The van der Waals surface area contributed by atoms with E-state index in [4.69, 9.17) is 4.98 Å². The summed E-state index contributed by atoms with van der Waals surface area (Å²) in [5.74, 6) is -0.979. The van der Waals surface area contributed by atoms with Crippen LogP contribution in [0.4, 0.5) is 5.69 Å². The van der Waals surface area contributed by atoms with Crippen molar-refractivity contribution in [2.75, 3.05) is 4.90 Å². The number of carbonyl (C=O) groups excluding carboxylic acids is 2. The Bertz CT molecular complexity index is 1770.